The van der Waals surface area contributed by atoms with Crippen molar-refractivity contribution in [1.29, 1.82) is 0 Å². The first kappa shape index (κ1) is 15.9. The van der Waals surface area contributed by atoms with Crippen LogP contribution in [0.25, 0.3) is 0 Å². The molecule has 0 bridgehead atoms. The summed E-state index contributed by atoms with van der Waals surface area (Å²) in [5.41, 5.74) is 3.21. The Morgan fingerprint density at radius 2 is 1.96 bits per heavy atom. The second kappa shape index (κ2) is 6.62. The Hall–Kier alpha value is -3.02. The summed E-state index contributed by atoms with van der Waals surface area (Å²) in [6.07, 6.45) is 0. The van der Waals surface area contributed by atoms with Crippen molar-refractivity contribution in [3.05, 3.63) is 53.6 Å². The molecule has 2 aromatic carbocycles. The molecule has 0 radical (unpaired) electrons. The van der Waals surface area contributed by atoms with E-state index in [1.807, 2.05) is 43.3 Å². The molecule has 1 heterocycles. The number of nitrogens with zero attached hydrogens (tertiary/aromatic N) is 1. The van der Waals surface area contributed by atoms with Gasteiger partial charge in [-0.2, -0.15) is 0 Å². The number of carbonyl (C=O) groups excluding carboxylic acids is 2. The third-order valence-electron chi connectivity index (χ3n) is 3.78. The molecule has 0 atom stereocenters. The van der Waals surface area contributed by atoms with Gasteiger partial charge in [0.05, 0.1) is 5.69 Å². The third-order valence-corrected chi connectivity index (χ3v) is 3.78. The van der Waals surface area contributed by atoms with Crippen LogP contribution in [0.15, 0.2) is 42.5 Å². The molecule has 0 spiro atoms. The number of benzene rings is 2. The predicted molar refractivity (Wildman–Crippen MR) is 92.5 cm³/mol. The molecule has 3 rings (SSSR count). The molecule has 0 saturated carbocycles. The number of rotatable bonds is 4. The van der Waals surface area contributed by atoms with Crippen LogP contribution in [0.5, 0.6) is 5.75 Å². The molecule has 0 unspecified atom stereocenters. The Balaban J connectivity index is 1.63. The molecule has 1 aliphatic heterocycles. The fourth-order valence-corrected chi connectivity index (χ4v) is 2.42. The lowest BCUT2D eigenvalue weighted by atomic mass is 10.1. The SMILES string of the molecule is CN(C)c1ccc(C(=O)NCc2ccc3c(c2)OCC(=O)N3)cc1. The monoisotopic (exact) mass is 325 g/mol. The molecule has 6 heteroatoms. The summed E-state index contributed by atoms with van der Waals surface area (Å²) in [6, 6.07) is 12.9. The summed E-state index contributed by atoms with van der Waals surface area (Å²) in [4.78, 5) is 25.5. The summed E-state index contributed by atoms with van der Waals surface area (Å²) in [5, 5.41) is 5.62. The lowest BCUT2D eigenvalue weighted by Crippen LogP contribution is -2.26. The molecule has 0 saturated heterocycles. The first-order chi connectivity index (χ1) is 11.5. The van der Waals surface area contributed by atoms with Gasteiger partial charge in [-0.1, -0.05) is 6.07 Å². The van der Waals surface area contributed by atoms with Crippen molar-refractivity contribution in [3.8, 4) is 5.75 Å². The van der Waals surface area contributed by atoms with Gasteiger partial charge in [0.25, 0.3) is 11.8 Å². The van der Waals surface area contributed by atoms with E-state index in [4.69, 9.17) is 4.74 Å². The number of amides is 2. The minimum Gasteiger partial charge on any atom is -0.482 e. The quantitative estimate of drug-likeness (QED) is 0.902. The molecule has 0 fully saturated rings. The maximum Gasteiger partial charge on any atom is 0.262 e. The summed E-state index contributed by atoms with van der Waals surface area (Å²) in [7, 11) is 3.91. The second-order valence-corrected chi connectivity index (χ2v) is 5.79. The molecule has 24 heavy (non-hydrogen) atoms. The number of nitrogens with one attached hydrogen (secondary N) is 2. The maximum absolute atomic E-state index is 12.2. The van der Waals surface area contributed by atoms with Crippen molar-refractivity contribution in [1.82, 2.24) is 5.32 Å². The van der Waals surface area contributed by atoms with E-state index in [0.717, 1.165) is 11.3 Å². The van der Waals surface area contributed by atoms with Gasteiger partial charge in [-0.3, -0.25) is 9.59 Å². The van der Waals surface area contributed by atoms with Crippen LogP contribution < -0.4 is 20.3 Å². The normalized spacial score (nSPS) is 12.7. The number of ether oxygens (including phenoxy) is 1. The fourth-order valence-electron chi connectivity index (χ4n) is 2.42. The van der Waals surface area contributed by atoms with Crippen molar-refractivity contribution in [2.45, 2.75) is 6.54 Å². The topological polar surface area (TPSA) is 70.7 Å². The van der Waals surface area contributed by atoms with Gasteiger partial charge in [0.1, 0.15) is 5.75 Å². The number of fused-ring (bicyclic) bond motifs is 1. The molecule has 6 nitrogen and oxygen atoms in total. The molecular formula is C18H19N3O3. The first-order valence-electron chi connectivity index (χ1n) is 7.64. The van der Waals surface area contributed by atoms with Gasteiger partial charge in [0.2, 0.25) is 0 Å². The number of carbonyl (C=O) groups is 2. The Morgan fingerprint density at radius 3 is 2.67 bits per heavy atom. The first-order valence-corrected chi connectivity index (χ1v) is 7.64. The predicted octanol–water partition coefficient (Wildman–Crippen LogP) is 2.01. The summed E-state index contributed by atoms with van der Waals surface area (Å²) < 4.78 is 5.37. The number of hydrogen-bond donors (Lipinski definition) is 2. The molecule has 2 aromatic rings. The van der Waals surface area contributed by atoms with Crippen LogP contribution >= 0.6 is 0 Å². The zero-order chi connectivity index (χ0) is 17.1. The molecule has 0 aliphatic carbocycles. The number of hydrogen-bond acceptors (Lipinski definition) is 4. The molecular weight excluding hydrogens is 306 g/mol. The van der Waals surface area contributed by atoms with Crippen LogP contribution in [0.1, 0.15) is 15.9 Å². The smallest absolute Gasteiger partial charge is 0.262 e. The van der Waals surface area contributed by atoms with Crippen LogP contribution in [-0.4, -0.2) is 32.5 Å². The van der Waals surface area contributed by atoms with Crippen LogP contribution in [-0.2, 0) is 11.3 Å². The Labute approximate surface area is 140 Å². The highest BCUT2D eigenvalue weighted by molar-refractivity contribution is 5.95. The van der Waals surface area contributed by atoms with Crippen molar-refractivity contribution in [2.24, 2.45) is 0 Å². The summed E-state index contributed by atoms with van der Waals surface area (Å²) in [5.74, 6) is 0.327. The van der Waals surface area contributed by atoms with Gasteiger partial charge in [-0.15, -0.1) is 0 Å². The molecule has 124 valence electrons. The zero-order valence-electron chi connectivity index (χ0n) is 13.6. The number of anilines is 2. The van der Waals surface area contributed by atoms with E-state index in [2.05, 4.69) is 10.6 Å². The van der Waals surface area contributed by atoms with Crippen molar-refractivity contribution < 1.29 is 14.3 Å². The van der Waals surface area contributed by atoms with Gasteiger partial charge in [-0.25, -0.2) is 0 Å². The van der Waals surface area contributed by atoms with Crippen molar-refractivity contribution >= 4 is 23.2 Å². The van der Waals surface area contributed by atoms with E-state index in [-0.39, 0.29) is 18.4 Å². The molecule has 2 N–H and O–H groups in total. The molecule has 1 aliphatic rings. The van der Waals surface area contributed by atoms with E-state index >= 15 is 0 Å². The van der Waals surface area contributed by atoms with Gasteiger partial charge >= 0.3 is 0 Å². The van der Waals surface area contributed by atoms with Gasteiger partial charge < -0.3 is 20.3 Å². The van der Waals surface area contributed by atoms with E-state index in [9.17, 15) is 9.59 Å². The van der Waals surface area contributed by atoms with E-state index in [0.29, 0.717) is 23.5 Å². The lowest BCUT2D eigenvalue weighted by molar-refractivity contribution is -0.118. The highest BCUT2D eigenvalue weighted by Gasteiger charge is 2.16. The summed E-state index contributed by atoms with van der Waals surface area (Å²) >= 11 is 0. The van der Waals surface area contributed by atoms with E-state index < -0.39 is 0 Å². The largest absolute Gasteiger partial charge is 0.482 e. The zero-order valence-corrected chi connectivity index (χ0v) is 13.6. The van der Waals surface area contributed by atoms with Crippen molar-refractivity contribution in [3.63, 3.8) is 0 Å². The maximum atomic E-state index is 12.2. The van der Waals surface area contributed by atoms with Crippen LogP contribution in [0.2, 0.25) is 0 Å². The second-order valence-electron chi connectivity index (χ2n) is 5.79. The van der Waals surface area contributed by atoms with Crippen LogP contribution in [0.4, 0.5) is 11.4 Å². The molecule has 0 aromatic heterocycles. The summed E-state index contributed by atoms with van der Waals surface area (Å²) in [6.45, 7) is 0.403. The van der Waals surface area contributed by atoms with Gasteiger partial charge in [0.15, 0.2) is 6.61 Å². The average Bonchev–Trinajstić information content (AvgIpc) is 2.59. The highest BCUT2D eigenvalue weighted by Crippen LogP contribution is 2.28. The minimum atomic E-state index is -0.162. The fraction of sp³-hybridized carbons (Fsp3) is 0.222. The Bertz CT molecular complexity index is 770. The van der Waals surface area contributed by atoms with Crippen LogP contribution in [0.3, 0.4) is 0 Å². The molecule has 2 amide bonds. The Kier molecular flexibility index (Phi) is 4.37. The highest BCUT2D eigenvalue weighted by atomic mass is 16.5. The van der Waals surface area contributed by atoms with Gasteiger partial charge in [0, 0.05) is 31.9 Å². The third kappa shape index (κ3) is 3.48. The lowest BCUT2D eigenvalue weighted by Gasteiger charge is -2.18. The Morgan fingerprint density at radius 1 is 1.21 bits per heavy atom. The van der Waals surface area contributed by atoms with Crippen molar-refractivity contribution in [2.75, 3.05) is 30.9 Å². The minimum absolute atomic E-state index is 0.0149. The average molecular weight is 325 g/mol. The van der Waals surface area contributed by atoms with Crippen LogP contribution in [0, 0.1) is 0 Å². The van der Waals surface area contributed by atoms with E-state index in [1.54, 1.807) is 18.2 Å². The van der Waals surface area contributed by atoms with E-state index in [1.165, 1.54) is 0 Å². The van der Waals surface area contributed by atoms with Gasteiger partial charge in [-0.05, 0) is 42.0 Å². The standard InChI is InChI=1S/C18H19N3O3/c1-21(2)14-6-4-13(5-7-14)18(23)19-10-12-3-8-15-16(9-12)24-11-17(22)20-15/h3-9H,10-11H2,1-2H3,(H,19,23)(H,20,22).